The van der Waals surface area contributed by atoms with Crippen molar-refractivity contribution in [1.82, 2.24) is 0 Å². The van der Waals surface area contributed by atoms with E-state index in [0.717, 1.165) is 12.3 Å². The van der Waals surface area contributed by atoms with Crippen LogP contribution in [0.1, 0.15) is 5.76 Å². The smallest absolute Gasteiger partial charge is 0.226 e. The molecule has 0 atom stereocenters. The van der Waals surface area contributed by atoms with Crippen molar-refractivity contribution in [2.75, 3.05) is 0 Å². The molecule has 1 heterocycles. The van der Waals surface area contributed by atoms with Gasteiger partial charge in [0.15, 0.2) is 5.75 Å². The molecule has 0 saturated carbocycles. The SMILES string of the molecule is O=c1cc(CO)occ1O.Oc1ccc(O)cc1. The van der Waals surface area contributed by atoms with Gasteiger partial charge in [0.05, 0.1) is 0 Å². The van der Waals surface area contributed by atoms with Crippen molar-refractivity contribution >= 4 is 0 Å². The van der Waals surface area contributed by atoms with E-state index in [1.54, 1.807) is 0 Å². The van der Waals surface area contributed by atoms with Crippen molar-refractivity contribution in [3.63, 3.8) is 0 Å². The molecule has 0 saturated heterocycles. The summed E-state index contributed by atoms with van der Waals surface area (Å²) in [4.78, 5) is 10.6. The first kappa shape index (κ1) is 13.6. The van der Waals surface area contributed by atoms with Crippen molar-refractivity contribution < 1.29 is 24.8 Å². The van der Waals surface area contributed by atoms with Gasteiger partial charge in [-0.1, -0.05) is 0 Å². The Morgan fingerprint density at radius 1 is 1.00 bits per heavy atom. The Morgan fingerprint density at radius 2 is 1.50 bits per heavy atom. The highest BCUT2D eigenvalue weighted by atomic mass is 16.4. The van der Waals surface area contributed by atoms with Crippen LogP contribution < -0.4 is 5.43 Å². The van der Waals surface area contributed by atoms with Crippen LogP contribution in [-0.2, 0) is 6.61 Å². The highest BCUT2D eigenvalue weighted by molar-refractivity contribution is 5.28. The molecular weight excluding hydrogens is 240 g/mol. The van der Waals surface area contributed by atoms with Crippen molar-refractivity contribution in [2.24, 2.45) is 0 Å². The summed E-state index contributed by atoms with van der Waals surface area (Å²) in [5.74, 6) is 0.0330. The second kappa shape index (κ2) is 6.31. The van der Waals surface area contributed by atoms with Crippen LogP contribution in [0.5, 0.6) is 17.2 Å². The topological polar surface area (TPSA) is 111 Å². The summed E-state index contributed by atoms with van der Waals surface area (Å²) in [6.07, 6.45) is 0.897. The highest BCUT2D eigenvalue weighted by Gasteiger charge is 1.98. The number of phenols is 2. The van der Waals surface area contributed by atoms with Crippen molar-refractivity contribution in [1.29, 1.82) is 0 Å². The summed E-state index contributed by atoms with van der Waals surface area (Å²) in [6.45, 7) is -0.338. The molecule has 6 heteroatoms. The Labute approximate surface area is 102 Å². The Kier molecular flexibility index (Phi) is 4.77. The predicted molar refractivity (Wildman–Crippen MR) is 62.3 cm³/mol. The average molecular weight is 252 g/mol. The number of aliphatic hydroxyl groups is 1. The summed E-state index contributed by atoms with van der Waals surface area (Å²) in [7, 11) is 0. The van der Waals surface area contributed by atoms with Crippen LogP contribution in [-0.4, -0.2) is 20.4 Å². The van der Waals surface area contributed by atoms with Crippen LogP contribution in [0.4, 0.5) is 0 Å². The first-order valence-corrected chi connectivity index (χ1v) is 4.92. The van der Waals surface area contributed by atoms with E-state index in [-0.39, 0.29) is 23.9 Å². The van der Waals surface area contributed by atoms with E-state index in [1.165, 1.54) is 24.3 Å². The number of aromatic hydroxyl groups is 3. The van der Waals surface area contributed by atoms with Crippen molar-refractivity contribution in [3.8, 4) is 17.2 Å². The standard InChI is InChI=1S/C6H6O4.C6H6O2/c7-2-4-1-5(8)6(9)3-10-4;7-5-1-2-6(8)4-3-5/h1,3,7,9H,2H2;1-4,7-8H. The molecule has 0 aliphatic heterocycles. The number of hydrogen-bond donors (Lipinski definition) is 4. The lowest BCUT2D eigenvalue weighted by molar-refractivity contribution is 0.241. The first-order valence-electron chi connectivity index (χ1n) is 4.92. The monoisotopic (exact) mass is 252 g/mol. The fourth-order valence-corrected chi connectivity index (χ4v) is 0.979. The van der Waals surface area contributed by atoms with Gasteiger partial charge in [-0.3, -0.25) is 4.79 Å². The maximum absolute atomic E-state index is 10.6. The third-order valence-electron chi connectivity index (χ3n) is 1.87. The molecule has 0 aliphatic rings. The normalized spacial score (nSPS) is 9.39. The van der Waals surface area contributed by atoms with Crippen LogP contribution >= 0.6 is 0 Å². The summed E-state index contributed by atoms with van der Waals surface area (Å²) >= 11 is 0. The minimum Gasteiger partial charge on any atom is -0.508 e. The molecule has 18 heavy (non-hydrogen) atoms. The first-order chi connectivity index (χ1) is 8.52. The molecule has 2 rings (SSSR count). The van der Waals surface area contributed by atoms with Gasteiger partial charge in [0.25, 0.3) is 0 Å². The van der Waals surface area contributed by atoms with Gasteiger partial charge in [-0.2, -0.15) is 0 Å². The quantitative estimate of drug-likeness (QED) is 0.562. The Balaban J connectivity index is 0.000000184. The maximum atomic E-state index is 10.6. The molecule has 0 bridgehead atoms. The molecule has 96 valence electrons. The molecule has 0 spiro atoms. The molecule has 1 aromatic carbocycles. The van der Waals surface area contributed by atoms with Crippen molar-refractivity contribution in [2.45, 2.75) is 6.61 Å². The second-order valence-corrected chi connectivity index (χ2v) is 3.27. The lowest BCUT2D eigenvalue weighted by Gasteiger charge is -1.92. The minimum absolute atomic E-state index is 0.141. The van der Waals surface area contributed by atoms with E-state index in [2.05, 4.69) is 4.42 Å². The highest BCUT2D eigenvalue weighted by Crippen LogP contribution is 2.13. The molecule has 1 aromatic heterocycles. The van der Waals surface area contributed by atoms with E-state index in [4.69, 9.17) is 20.4 Å². The van der Waals surface area contributed by atoms with Gasteiger partial charge < -0.3 is 24.8 Å². The number of benzene rings is 1. The lowest BCUT2D eigenvalue weighted by Crippen LogP contribution is -1.99. The molecule has 0 unspecified atom stereocenters. The molecule has 0 fully saturated rings. The lowest BCUT2D eigenvalue weighted by atomic mass is 10.3. The summed E-state index contributed by atoms with van der Waals surface area (Å²) < 4.78 is 4.59. The summed E-state index contributed by atoms with van der Waals surface area (Å²) in [5, 5.41) is 34.4. The number of rotatable bonds is 1. The third kappa shape index (κ3) is 4.18. The zero-order valence-electron chi connectivity index (χ0n) is 9.28. The maximum Gasteiger partial charge on any atom is 0.226 e. The van der Waals surface area contributed by atoms with Crippen LogP contribution in [0.25, 0.3) is 0 Å². The van der Waals surface area contributed by atoms with Gasteiger partial charge in [-0.25, -0.2) is 0 Å². The third-order valence-corrected chi connectivity index (χ3v) is 1.87. The van der Waals surface area contributed by atoms with Gasteiger partial charge in [0.1, 0.15) is 30.1 Å². The minimum atomic E-state index is -0.546. The van der Waals surface area contributed by atoms with Crippen LogP contribution in [0.15, 0.2) is 45.8 Å². The number of aliphatic hydroxyl groups excluding tert-OH is 1. The van der Waals surface area contributed by atoms with E-state index in [1.807, 2.05) is 0 Å². The second-order valence-electron chi connectivity index (χ2n) is 3.27. The molecule has 0 aliphatic carbocycles. The van der Waals surface area contributed by atoms with Crippen LogP contribution in [0.3, 0.4) is 0 Å². The Hall–Kier alpha value is -2.47. The fourth-order valence-electron chi connectivity index (χ4n) is 0.979. The van der Waals surface area contributed by atoms with E-state index in [0.29, 0.717) is 0 Å². The predicted octanol–water partition coefficient (Wildman–Crippen LogP) is 0.935. The number of hydrogen-bond acceptors (Lipinski definition) is 6. The van der Waals surface area contributed by atoms with E-state index in [9.17, 15) is 4.79 Å². The fraction of sp³-hybridized carbons (Fsp3) is 0.0833. The summed E-state index contributed by atoms with van der Waals surface area (Å²) in [6, 6.07) is 6.74. The largest absolute Gasteiger partial charge is 0.508 e. The zero-order valence-corrected chi connectivity index (χ0v) is 9.28. The Morgan fingerprint density at radius 3 is 1.89 bits per heavy atom. The molecule has 0 amide bonds. The molecule has 4 N–H and O–H groups in total. The molecule has 0 radical (unpaired) electrons. The summed E-state index contributed by atoms with van der Waals surface area (Å²) in [5.41, 5.74) is -0.546. The van der Waals surface area contributed by atoms with Crippen LogP contribution in [0, 0.1) is 0 Å². The van der Waals surface area contributed by atoms with Crippen molar-refractivity contribution in [3.05, 3.63) is 52.6 Å². The Bertz CT molecular complexity index is 522. The van der Waals surface area contributed by atoms with E-state index >= 15 is 0 Å². The van der Waals surface area contributed by atoms with Crippen LogP contribution in [0.2, 0.25) is 0 Å². The van der Waals surface area contributed by atoms with Gasteiger partial charge >= 0.3 is 0 Å². The number of phenolic OH excluding ortho intramolecular Hbond substituents is 2. The average Bonchev–Trinajstić information content (AvgIpc) is 2.37. The molecule has 6 nitrogen and oxygen atoms in total. The molecule has 2 aromatic rings. The zero-order chi connectivity index (χ0) is 13.5. The van der Waals surface area contributed by atoms with Gasteiger partial charge in [0.2, 0.25) is 5.43 Å². The van der Waals surface area contributed by atoms with Gasteiger partial charge in [0, 0.05) is 6.07 Å². The van der Waals surface area contributed by atoms with E-state index < -0.39 is 11.2 Å². The van der Waals surface area contributed by atoms with Gasteiger partial charge in [-0.15, -0.1) is 0 Å². The molecular formula is C12H12O6. The van der Waals surface area contributed by atoms with Gasteiger partial charge in [-0.05, 0) is 24.3 Å².